The fraction of sp³-hybridized carbons (Fsp3) is 0.353. The number of hydrogen-bond donors (Lipinski definition) is 2. The van der Waals surface area contributed by atoms with Crippen molar-refractivity contribution in [2.24, 2.45) is 0 Å². The van der Waals surface area contributed by atoms with Gasteiger partial charge in [0.1, 0.15) is 17.2 Å². The molecule has 2 N–H and O–H groups in total. The smallest absolute Gasteiger partial charge is 0.337 e. The molecule has 5 rings (SSSR count). The third kappa shape index (κ3) is 8.16. The van der Waals surface area contributed by atoms with Crippen LogP contribution in [0.15, 0.2) is 65.1 Å². The van der Waals surface area contributed by atoms with Crippen LogP contribution in [0.3, 0.4) is 0 Å². The zero-order valence-corrected chi connectivity index (χ0v) is 26.2. The second-order valence-corrected chi connectivity index (χ2v) is 12.9. The van der Waals surface area contributed by atoms with Gasteiger partial charge in [0, 0.05) is 37.8 Å². The number of sulfonamides is 1. The maximum absolute atomic E-state index is 13.6. The average Bonchev–Trinajstić information content (AvgIpc) is 3.82. The maximum atomic E-state index is 13.6. The fourth-order valence-electron chi connectivity index (χ4n) is 5.32. The Morgan fingerprint density at radius 1 is 1.00 bits per heavy atom. The molecular formula is C34H37FN2O7S. The van der Waals surface area contributed by atoms with Crippen molar-refractivity contribution in [1.82, 2.24) is 10.0 Å². The number of ether oxygens (including phenoxy) is 2. The number of halogens is 1. The van der Waals surface area contributed by atoms with E-state index in [4.69, 9.17) is 13.9 Å². The molecular weight excluding hydrogens is 599 g/mol. The fourth-order valence-corrected chi connectivity index (χ4v) is 6.54. The lowest BCUT2D eigenvalue weighted by atomic mass is 9.98. The number of benzene rings is 3. The van der Waals surface area contributed by atoms with Gasteiger partial charge in [-0.3, -0.25) is 4.79 Å². The van der Waals surface area contributed by atoms with E-state index < -0.39 is 15.8 Å². The summed E-state index contributed by atoms with van der Waals surface area (Å²) < 4.78 is 58.9. The van der Waals surface area contributed by atoms with Crippen molar-refractivity contribution < 1.29 is 36.3 Å². The van der Waals surface area contributed by atoms with Gasteiger partial charge in [-0.1, -0.05) is 12.1 Å². The van der Waals surface area contributed by atoms with Gasteiger partial charge in [0.05, 0.1) is 24.0 Å². The zero-order valence-electron chi connectivity index (χ0n) is 25.4. The van der Waals surface area contributed by atoms with Crippen molar-refractivity contribution in [3.63, 3.8) is 0 Å². The minimum Gasteiger partial charge on any atom is -0.465 e. The molecule has 0 radical (unpaired) electrons. The molecule has 0 atom stereocenters. The molecule has 0 saturated heterocycles. The van der Waals surface area contributed by atoms with Crippen LogP contribution >= 0.6 is 0 Å². The molecule has 0 unspecified atom stereocenters. The third-order valence-corrected chi connectivity index (χ3v) is 9.12. The first-order valence-corrected chi connectivity index (χ1v) is 16.6. The molecule has 1 saturated carbocycles. The van der Waals surface area contributed by atoms with Crippen molar-refractivity contribution in [3.8, 4) is 11.3 Å². The number of carbonyl (C=O) groups excluding carboxylic acids is 2. The summed E-state index contributed by atoms with van der Waals surface area (Å²) in [5, 5.41) is 3.25. The van der Waals surface area contributed by atoms with Crippen LogP contribution in [-0.4, -0.2) is 54.2 Å². The van der Waals surface area contributed by atoms with Gasteiger partial charge >= 0.3 is 5.97 Å². The Kier molecular flexibility index (Phi) is 10.3. The molecule has 1 aliphatic rings. The summed E-state index contributed by atoms with van der Waals surface area (Å²) >= 11 is 0. The number of esters is 1. The summed E-state index contributed by atoms with van der Waals surface area (Å²) in [6, 6.07) is 16.6. The van der Waals surface area contributed by atoms with Crippen LogP contribution in [0.1, 0.15) is 69.0 Å². The zero-order chi connectivity index (χ0) is 32.0. The van der Waals surface area contributed by atoms with Gasteiger partial charge in [-0.25, -0.2) is 22.3 Å². The van der Waals surface area contributed by atoms with E-state index in [2.05, 4.69) is 10.0 Å². The Hall–Kier alpha value is -4.06. The highest BCUT2D eigenvalue weighted by Gasteiger charge is 2.31. The van der Waals surface area contributed by atoms with Crippen LogP contribution in [0.2, 0.25) is 0 Å². The molecule has 4 aromatic rings. The van der Waals surface area contributed by atoms with Crippen molar-refractivity contribution in [2.45, 2.75) is 43.8 Å². The highest BCUT2D eigenvalue weighted by atomic mass is 32.2. The molecule has 1 aromatic heterocycles. The van der Waals surface area contributed by atoms with Gasteiger partial charge in [0.15, 0.2) is 0 Å². The van der Waals surface area contributed by atoms with E-state index in [1.807, 2.05) is 18.2 Å². The molecule has 45 heavy (non-hydrogen) atoms. The Labute approximate surface area is 262 Å². The Morgan fingerprint density at radius 2 is 1.71 bits per heavy atom. The van der Waals surface area contributed by atoms with Crippen LogP contribution in [0, 0.1) is 5.82 Å². The quantitative estimate of drug-likeness (QED) is 0.126. The van der Waals surface area contributed by atoms with E-state index >= 15 is 0 Å². The minimum absolute atomic E-state index is 0.216. The average molecular weight is 637 g/mol. The molecule has 1 amide bonds. The van der Waals surface area contributed by atoms with Crippen LogP contribution in [0.4, 0.5) is 4.39 Å². The number of nitrogens with one attached hydrogen (secondary N) is 2. The lowest BCUT2D eigenvalue weighted by Crippen LogP contribution is -2.27. The summed E-state index contributed by atoms with van der Waals surface area (Å²) in [5.41, 5.74) is 4.42. The van der Waals surface area contributed by atoms with E-state index in [1.165, 1.54) is 26.3 Å². The topological polar surface area (TPSA) is 124 Å². The number of rotatable bonds is 15. The number of amides is 1. The summed E-state index contributed by atoms with van der Waals surface area (Å²) in [7, 11) is -0.776. The number of furan rings is 1. The van der Waals surface area contributed by atoms with Crippen molar-refractivity contribution in [3.05, 3.63) is 94.3 Å². The van der Waals surface area contributed by atoms with Crippen LogP contribution < -0.4 is 10.0 Å². The van der Waals surface area contributed by atoms with Crippen molar-refractivity contribution in [1.29, 1.82) is 0 Å². The first-order valence-electron chi connectivity index (χ1n) is 15.0. The van der Waals surface area contributed by atoms with E-state index in [1.54, 1.807) is 30.3 Å². The normalized spacial score (nSPS) is 13.2. The van der Waals surface area contributed by atoms with Crippen LogP contribution in [0.25, 0.3) is 22.3 Å². The summed E-state index contributed by atoms with van der Waals surface area (Å²) in [4.78, 5) is 24.5. The molecule has 0 bridgehead atoms. The monoisotopic (exact) mass is 636 g/mol. The first kappa shape index (κ1) is 32.3. The number of aryl methyl sites for hydroxylation is 1. The largest absolute Gasteiger partial charge is 0.465 e. The molecule has 1 aliphatic carbocycles. The van der Waals surface area contributed by atoms with E-state index in [0.29, 0.717) is 58.6 Å². The van der Waals surface area contributed by atoms with Crippen LogP contribution in [-0.2, 0) is 31.7 Å². The predicted molar refractivity (Wildman–Crippen MR) is 169 cm³/mol. The Morgan fingerprint density at radius 3 is 2.38 bits per heavy atom. The number of carbonyl (C=O) groups is 2. The highest BCUT2D eigenvalue weighted by Crippen LogP contribution is 2.45. The molecule has 0 spiro atoms. The maximum Gasteiger partial charge on any atom is 0.337 e. The standard InChI is InChI=1S/C34H37FN2O7S/c1-36-33(38)31-29-20-28(23-10-11-23)26(19-30(29)44-32(31)24-12-14-27(35)15-13-24)21-45(40,41)37-16-4-18-43-17-3-5-22-6-8-25(9-7-22)34(39)42-2/h6-9,12-15,19-20,23,37H,3-5,10-11,16-18,21H2,1-2H3,(H,36,38). The molecule has 1 heterocycles. The van der Waals surface area contributed by atoms with Gasteiger partial charge in [-0.05, 0) is 103 Å². The predicted octanol–water partition coefficient (Wildman–Crippen LogP) is 5.72. The van der Waals surface area contributed by atoms with Crippen LogP contribution in [0.5, 0.6) is 0 Å². The molecule has 3 aromatic carbocycles. The van der Waals surface area contributed by atoms with Crippen molar-refractivity contribution in [2.75, 3.05) is 33.9 Å². The highest BCUT2D eigenvalue weighted by molar-refractivity contribution is 7.88. The first-order chi connectivity index (χ1) is 21.7. The summed E-state index contributed by atoms with van der Waals surface area (Å²) in [6.07, 6.45) is 4.01. The van der Waals surface area contributed by atoms with Crippen molar-refractivity contribution >= 4 is 32.9 Å². The molecule has 238 valence electrons. The molecule has 0 aliphatic heterocycles. The second kappa shape index (κ2) is 14.4. The lowest BCUT2D eigenvalue weighted by molar-refractivity contribution is 0.0600. The Bertz CT molecular complexity index is 1760. The molecule has 11 heteroatoms. The van der Waals surface area contributed by atoms with E-state index in [9.17, 15) is 22.4 Å². The molecule has 1 fully saturated rings. The molecule has 9 nitrogen and oxygen atoms in total. The Balaban J connectivity index is 1.17. The number of fused-ring (bicyclic) bond motifs is 1. The third-order valence-electron chi connectivity index (χ3n) is 7.79. The van der Waals surface area contributed by atoms with Gasteiger partial charge in [0.25, 0.3) is 5.91 Å². The summed E-state index contributed by atoms with van der Waals surface area (Å²) in [6.45, 7) is 1.20. The van der Waals surface area contributed by atoms with Gasteiger partial charge in [-0.2, -0.15) is 0 Å². The number of hydrogen-bond acceptors (Lipinski definition) is 7. The SMILES string of the molecule is CNC(=O)c1c(-c2ccc(F)cc2)oc2cc(CS(=O)(=O)NCCCOCCCc3ccc(C(=O)OC)cc3)c(C3CC3)cc12. The summed E-state index contributed by atoms with van der Waals surface area (Å²) in [5.74, 6) is -0.794. The number of methoxy groups -OCH3 is 1. The minimum atomic E-state index is -3.66. The van der Waals surface area contributed by atoms with Gasteiger partial charge < -0.3 is 19.2 Å². The van der Waals surface area contributed by atoms with Gasteiger partial charge in [-0.15, -0.1) is 0 Å². The second-order valence-electron chi connectivity index (χ2n) is 11.1. The van der Waals surface area contributed by atoms with Gasteiger partial charge in [0.2, 0.25) is 10.0 Å². The lowest BCUT2D eigenvalue weighted by Gasteiger charge is -2.12. The van der Waals surface area contributed by atoms with E-state index in [0.717, 1.165) is 36.8 Å². The van der Waals surface area contributed by atoms with E-state index in [-0.39, 0.29) is 30.1 Å².